The van der Waals surface area contributed by atoms with E-state index < -0.39 is 0 Å². The van der Waals surface area contributed by atoms with Gasteiger partial charge in [-0.3, -0.25) is 4.68 Å². The predicted molar refractivity (Wildman–Crippen MR) is 103 cm³/mol. The fraction of sp³-hybridized carbons (Fsp3) is 0.0952. The molecule has 2 aromatic carbocycles. The Morgan fingerprint density at radius 1 is 1.19 bits per heavy atom. The first kappa shape index (κ1) is 15.9. The van der Waals surface area contributed by atoms with Gasteiger partial charge < -0.3 is 4.98 Å². The first-order valence-corrected chi connectivity index (χ1v) is 8.27. The third-order valence-corrected chi connectivity index (χ3v) is 4.45. The summed E-state index contributed by atoms with van der Waals surface area (Å²) in [5.41, 5.74) is 7.14. The molecule has 0 fully saturated rings. The van der Waals surface area contributed by atoms with E-state index >= 15 is 0 Å². The lowest BCUT2D eigenvalue weighted by molar-refractivity contribution is 0.774. The zero-order valence-electron chi connectivity index (χ0n) is 14.6. The van der Waals surface area contributed by atoms with Crippen LogP contribution in [0.2, 0.25) is 0 Å². The maximum atomic E-state index is 9.08. The monoisotopic (exact) mass is 339 g/mol. The van der Waals surface area contributed by atoms with E-state index in [9.17, 15) is 0 Å². The summed E-state index contributed by atoms with van der Waals surface area (Å²) in [6.07, 6.45) is 1.81. The number of imidazole rings is 1. The first-order chi connectivity index (χ1) is 12.6. The van der Waals surface area contributed by atoms with Gasteiger partial charge in [0.15, 0.2) is 5.82 Å². The molecule has 4 rings (SSSR count). The van der Waals surface area contributed by atoms with Gasteiger partial charge in [0.25, 0.3) is 0 Å². The molecule has 0 atom stereocenters. The highest BCUT2D eigenvalue weighted by Crippen LogP contribution is 2.32. The van der Waals surface area contributed by atoms with Gasteiger partial charge in [0.2, 0.25) is 0 Å². The number of hydrogen-bond acceptors (Lipinski definition) is 3. The van der Waals surface area contributed by atoms with Crippen molar-refractivity contribution in [2.24, 2.45) is 7.05 Å². The number of nitrogens with one attached hydrogen (secondary N) is 1. The smallest absolute Gasteiger partial charge is 0.157 e. The molecule has 2 heterocycles. The molecule has 0 spiro atoms. The van der Waals surface area contributed by atoms with E-state index in [1.807, 2.05) is 23.9 Å². The summed E-state index contributed by atoms with van der Waals surface area (Å²) in [6.45, 7) is 6.04. The highest BCUT2D eigenvalue weighted by Gasteiger charge is 2.19. The van der Waals surface area contributed by atoms with Gasteiger partial charge in [0.05, 0.1) is 22.7 Å². The van der Waals surface area contributed by atoms with Crippen LogP contribution in [0.1, 0.15) is 16.7 Å². The molecule has 126 valence electrons. The van der Waals surface area contributed by atoms with Gasteiger partial charge in [-0.2, -0.15) is 10.4 Å². The molecule has 0 aliphatic rings. The fourth-order valence-corrected chi connectivity index (χ4v) is 3.13. The van der Waals surface area contributed by atoms with Crippen LogP contribution in [-0.4, -0.2) is 19.7 Å². The summed E-state index contributed by atoms with van der Waals surface area (Å²) in [5.74, 6) is 0.707. The van der Waals surface area contributed by atoms with E-state index in [-0.39, 0.29) is 0 Å². The topological polar surface area (TPSA) is 70.3 Å². The number of fused-ring (bicyclic) bond motifs is 1. The lowest BCUT2D eigenvalue weighted by atomic mass is 10.0. The minimum Gasteiger partial charge on any atom is -0.337 e. The number of rotatable bonds is 3. The third kappa shape index (κ3) is 2.49. The van der Waals surface area contributed by atoms with Crippen LogP contribution < -0.4 is 0 Å². The van der Waals surface area contributed by atoms with E-state index in [4.69, 9.17) is 10.4 Å². The zero-order chi connectivity index (χ0) is 18.3. The fourth-order valence-electron chi connectivity index (χ4n) is 3.13. The number of nitriles is 1. The van der Waals surface area contributed by atoms with Crippen molar-refractivity contribution >= 4 is 17.1 Å². The molecule has 26 heavy (non-hydrogen) atoms. The second-order valence-electron chi connectivity index (χ2n) is 6.23. The van der Waals surface area contributed by atoms with E-state index in [0.29, 0.717) is 11.4 Å². The Balaban J connectivity index is 1.91. The van der Waals surface area contributed by atoms with Crippen LogP contribution in [0.4, 0.5) is 0 Å². The Bertz CT molecular complexity index is 1170. The summed E-state index contributed by atoms with van der Waals surface area (Å²) in [5, 5.41) is 13.8. The molecule has 0 saturated heterocycles. The van der Waals surface area contributed by atoms with Gasteiger partial charge in [-0.1, -0.05) is 42.5 Å². The molecule has 2 aromatic heterocycles. The number of hydrogen-bond donors (Lipinski definition) is 1. The summed E-state index contributed by atoms with van der Waals surface area (Å²) < 4.78 is 1.81. The van der Waals surface area contributed by atoms with Crippen molar-refractivity contribution in [3.05, 3.63) is 65.7 Å². The summed E-state index contributed by atoms with van der Waals surface area (Å²) in [4.78, 5) is 7.98. The minimum absolute atomic E-state index is 0.599. The molecule has 5 nitrogen and oxygen atoms in total. The average Bonchev–Trinajstić information content (AvgIpc) is 3.21. The number of H-pyrrole nitrogens is 1. The second kappa shape index (κ2) is 6.01. The lowest BCUT2D eigenvalue weighted by Gasteiger charge is -2.01. The van der Waals surface area contributed by atoms with Crippen molar-refractivity contribution < 1.29 is 0 Å². The van der Waals surface area contributed by atoms with E-state index in [2.05, 4.69) is 53.8 Å². The highest BCUT2D eigenvalue weighted by atomic mass is 15.3. The van der Waals surface area contributed by atoms with Gasteiger partial charge in [0.1, 0.15) is 11.4 Å². The van der Waals surface area contributed by atoms with Crippen molar-refractivity contribution in [3.63, 3.8) is 0 Å². The van der Waals surface area contributed by atoms with Crippen molar-refractivity contribution in [3.8, 4) is 28.8 Å². The number of aryl methyl sites for hydroxylation is 2. The molecular formula is C21H17N5. The van der Waals surface area contributed by atoms with Crippen LogP contribution >= 0.6 is 0 Å². The van der Waals surface area contributed by atoms with Crippen LogP contribution in [0.5, 0.6) is 0 Å². The van der Waals surface area contributed by atoms with Crippen molar-refractivity contribution in [1.29, 1.82) is 5.26 Å². The van der Waals surface area contributed by atoms with E-state index in [0.717, 1.165) is 33.5 Å². The van der Waals surface area contributed by atoms with Crippen molar-refractivity contribution in [2.45, 2.75) is 6.92 Å². The molecular weight excluding hydrogens is 322 g/mol. The molecule has 0 radical (unpaired) electrons. The normalized spacial score (nSPS) is 10.8. The van der Waals surface area contributed by atoms with Crippen LogP contribution in [0, 0.1) is 18.3 Å². The van der Waals surface area contributed by atoms with Crippen LogP contribution in [0.25, 0.3) is 39.9 Å². The summed E-state index contributed by atoms with van der Waals surface area (Å²) in [6, 6.07) is 15.8. The number of nitrogens with zero attached hydrogens (tertiary/aromatic N) is 4. The van der Waals surface area contributed by atoms with Crippen LogP contribution in [0.3, 0.4) is 0 Å². The predicted octanol–water partition coefficient (Wildman–Crippen LogP) is 4.45. The summed E-state index contributed by atoms with van der Waals surface area (Å²) >= 11 is 0. The lowest BCUT2D eigenvalue weighted by Crippen LogP contribution is -1.95. The van der Waals surface area contributed by atoms with Crippen LogP contribution in [0.15, 0.2) is 49.0 Å². The Morgan fingerprint density at radius 3 is 2.65 bits per heavy atom. The molecule has 5 heteroatoms. The van der Waals surface area contributed by atoms with Gasteiger partial charge in [-0.15, -0.1) is 0 Å². The van der Waals surface area contributed by atoms with Gasteiger partial charge in [-0.05, 0) is 25.1 Å². The molecule has 4 aromatic rings. The number of aromatic nitrogens is 4. The highest BCUT2D eigenvalue weighted by molar-refractivity contribution is 5.85. The number of aromatic amines is 1. The maximum absolute atomic E-state index is 9.08. The minimum atomic E-state index is 0.599. The molecule has 0 amide bonds. The van der Waals surface area contributed by atoms with Gasteiger partial charge in [-0.25, -0.2) is 4.98 Å². The molecule has 0 aliphatic carbocycles. The third-order valence-electron chi connectivity index (χ3n) is 4.45. The Morgan fingerprint density at radius 2 is 1.96 bits per heavy atom. The van der Waals surface area contributed by atoms with Crippen molar-refractivity contribution in [2.75, 3.05) is 0 Å². The molecule has 1 N–H and O–H groups in total. The van der Waals surface area contributed by atoms with Gasteiger partial charge in [0, 0.05) is 18.2 Å². The Labute approximate surface area is 151 Å². The largest absolute Gasteiger partial charge is 0.337 e. The Kier molecular flexibility index (Phi) is 3.67. The average molecular weight is 339 g/mol. The molecule has 0 saturated carbocycles. The molecule has 0 aliphatic heterocycles. The maximum Gasteiger partial charge on any atom is 0.157 e. The van der Waals surface area contributed by atoms with Crippen molar-refractivity contribution in [1.82, 2.24) is 19.7 Å². The van der Waals surface area contributed by atoms with E-state index in [1.165, 1.54) is 5.56 Å². The quantitative estimate of drug-likeness (QED) is 0.599. The van der Waals surface area contributed by atoms with E-state index in [1.54, 1.807) is 12.1 Å². The van der Waals surface area contributed by atoms with Crippen LogP contribution in [-0.2, 0) is 7.05 Å². The second-order valence-corrected chi connectivity index (χ2v) is 6.23. The molecule has 0 bridgehead atoms. The number of benzene rings is 2. The zero-order valence-corrected chi connectivity index (χ0v) is 14.6. The SMILES string of the molecule is C=Cc1c(-c2ccc(C)cc2)nn(C)c1-c1nc2ccc(C#N)cc2[nH]1. The van der Waals surface area contributed by atoms with Gasteiger partial charge >= 0.3 is 0 Å². The Hall–Kier alpha value is -3.65. The standard InChI is InChI=1S/C21H17N5/c1-4-16-19(15-8-5-13(2)6-9-15)25-26(3)20(16)21-23-17-10-7-14(12-22)11-18(17)24-21/h4-11H,1H2,2-3H3,(H,23,24). The molecule has 0 unspecified atom stereocenters. The first-order valence-electron chi connectivity index (χ1n) is 8.27. The summed E-state index contributed by atoms with van der Waals surface area (Å²) in [7, 11) is 1.90.